The molecule has 0 saturated heterocycles. The Bertz CT molecular complexity index is 762. The highest BCUT2D eigenvalue weighted by molar-refractivity contribution is 5.88. The van der Waals surface area contributed by atoms with Gasteiger partial charge in [0.1, 0.15) is 12.1 Å². The van der Waals surface area contributed by atoms with Gasteiger partial charge >= 0.3 is 0 Å². The first-order valence-corrected chi connectivity index (χ1v) is 6.96. The lowest BCUT2D eigenvalue weighted by Gasteiger charge is -2.15. The third kappa shape index (κ3) is 1.83. The summed E-state index contributed by atoms with van der Waals surface area (Å²) in [6.45, 7) is 0. The number of nitrogens with zero attached hydrogens (tertiary/aromatic N) is 2. The fraction of sp³-hybridized carbons (Fsp3) is 0.176. The molecule has 0 aliphatic heterocycles. The second-order valence-electron chi connectivity index (χ2n) is 5.17. The molecule has 3 aromatic rings. The Morgan fingerprint density at radius 1 is 0.950 bits per heavy atom. The van der Waals surface area contributed by atoms with E-state index in [0.717, 1.165) is 29.6 Å². The Morgan fingerprint density at radius 3 is 2.80 bits per heavy atom. The van der Waals surface area contributed by atoms with E-state index in [9.17, 15) is 0 Å². The third-order valence-corrected chi connectivity index (χ3v) is 3.99. The molecule has 0 amide bonds. The number of rotatable bonds is 2. The highest BCUT2D eigenvalue weighted by Gasteiger charge is 2.22. The number of fused-ring (bicyclic) bond motifs is 2. The summed E-state index contributed by atoms with van der Waals surface area (Å²) >= 11 is 0. The molecule has 3 nitrogen and oxygen atoms in total. The first-order valence-electron chi connectivity index (χ1n) is 6.96. The topological polar surface area (TPSA) is 37.8 Å². The van der Waals surface area contributed by atoms with E-state index in [1.165, 1.54) is 11.1 Å². The second-order valence-corrected chi connectivity index (χ2v) is 5.17. The van der Waals surface area contributed by atoms with E-state index in [2.05, 4.69) is 45.6 Å². The molecule has 1 N–H and O–H groups in total. The average Bonchev–Trinajstić information content (AvgIpc) is 2.91. The highest BCUT2D eigenvalue weighted by Crippen LogP contribution is 2.34. The SMILES string of the molecule is c1ccc2c(c1)CC[C@@H]2Nc1ncnc2ccccc12. The fourth-order valence-corrected chi connectivity index (χ4v) is 2.99. The first kappa shape index (κ1) is 11.4. The van der Waals surface area contributed by atoms with Crippen LogP contribution in [0.4, 0.5) is 5.82 Å². The number of para-hydroxylation sites is 1. The van der Waals surface area contributed by atoms with Crippen LogP contribution in [0.2, 0.25) is 0 Å². The molecule has 2 aromatic carbocycles. The minimum absolute atomic E-state index is 0.351. The standard InChI is InChI=1S/C17H15N3/c1-2-6-13-12(5-1)9-10-16(13)20-17-14-7-3-4-8-15(14)18-11-19-17/h1-8,11,16H,9-10H2,(H,18,19,20)/t16-/m0/s1. The van der Waals surface area contributed by atoms with E-state index in [0.29, 0.717) is 6.04 Å². The Labute approximate surface area is 117 Å². The molecule has 1 aromatic heterocycles. The number of anilines is 1. The zero-order valence-corrected chi connectivity index (χ0v) is 11.1. The number of nitrogens with one attached hydrogen (secondary N) is 1. The smallest absolute Gasteiger partial charge is 0.137 e. The lowest BCUT2D eigenvalue weighted by Crippen LogP contribution is -2.09. The van der Waals surface area contributed by atoms with Crippen LogP contribution in [0.5, 0.6) is 0 Å². The summed E-state index contributed by atoms with van der Waals surface area (Å²) in [5, 5.41) is 4.67. The van der Waals surface area contributed by atoms with E-state index in [1.807, 2.05) is 18.2 Å². The Hall–Kier alpha value is -2.42. The van der Waals surface area contributed by atoms with Gasteiger partial charge in [0.2, 0.25) is 0 Å². The van der Waals surface area contributed by atoms with Crippen LogP contribution in [0, 0.1) is 0 Å². The average molecular weight is 261 g/mol. The predicted octanol–water partition coefficient (Wildman–Crippen LogP) is 3.73. The maximum Gasteiger partial charge on any atom is 0.137 e. The van der Waals surface area contributed by atoms with Gasteiger partial charge in [-0.15, -0.1) is 0 Å². The van der Waals surface area contributed by atoms with E-state index in [4.69, 9.17) is 0 Å². The maximum atomic E-state index is 4.42. The van der Waals surface area contributed by atoms with Crippen LogP contribution in [0.1, 0.15) is 23.6 Å². The minimum Gasteiger partial charge on any atom is -0.363 e. The van der Waals surface area contributed by atoms with Crippen molar-refractivity contribution in [2.45, 2.75) is 18.9 Å². The minimum atomic E-state index is 0.351. The molecule has 0 saturated carbocycles. The van der Waals surface area contributed by atoms with Crippen LogP contribution in [0.3, 0.4) is 0 Å². The molecule has 98 valence electrons. The van der Waals surface area contributed by atoms with Crippen molar-refractivity contribution in [3.05, 3.63) is 66.0 Å². The van der Waals surface area contributed by atoms with Crippen molar-refractivity contribution < 1.29 is 0 Å². The lowest BCUT2D eigenvalue weighted by atomic mass is 10.1. The summed E-state index contributed by atoms with van der Waals surface area (Å²) in [5.41, 5.74) is 3.83. The normalized spacial score (nSPS) is 17.1. The van der Waals surface area contributed by atoms with Crippen molar-refractivity contribution in [3.63, 3.8) is 0 Å². The van der Waals surface area contributed by atoms with Crippen LogP contribution < -0.4 is 5.32 Å². The Morgan fingerprint density at radius 2 is 1.80 bits per heavy atom. The van der Waals surface area contributed by atoms with Crippen LogP contribution in [-0.2, 0) is 6.42 Å². The van der Waals surface area contributed by atoms with Crippen LogP contribution in [-0.4, -0.2) is 9.97 Å². The Kier molecular flexibility index (Phi) is 2.62. The molecule has 0 spiro atoms. The third-order valence-electron chi connectivity index (χ3n) is 3.99. The van der Waals surface area contributed by atoms with Crippen molar-refractivity contribution in [1.82, 2.24) is 9.97 Å². The van der Waals surface area contributed by atoms with Gasteiger partial charge in [-0.3, -0.25) is 0 Å². The molecule has 1 aliphatic carbocycles. The predicted molar refractivity (Wildman–Crippen MR) is 80.7 cm³/mol. The Balaban J connectivity index is 1.73. The van der Waals surface area contributed by atoms with E-state index < -0.39 is 0 Å². The van der Waals surface area contributed by atoms with Crippen molar-refractivity contribution >= 4 is 16.7 Å². The molecular weight excluding hydrogens is 246 g/mol. The molecule has 4 rings (SSSR count). The fourth-order valence-electron chi connectivity index (χ4n) is 2.99. The molecule has 1 aliphatic rings. The number of hydrogen-bond donors (Lipinski definition) is 1. The molecule has 0 bridgehead atoms. The molecule has 0 fully saturated rings. The quantitative estimate of drug-likeness (QED) is 0.763. The number of hydrogen-bond acceptors (Lipinski definition) is 3. The zero-order chi connectivity index (χ0) is 13.4. The summed E-state index contributed by atoms with van der Waals surface area (Å²) in [6, 6.07) is 17.1. The molecule has 0 radical (unpaired) electrons. The van der Waals surface area contributed by atoms with Gasteiger partial charge in [-0.1, -0.05) is 36.4 Å². The van der Waals surface area contributed by atoms with Gasteiger partial charge in [0.05, 0.1) is 11.6 Å². The van der Waals surface area contributed by atoms with Gasteiger partial charge < -0.3 is 5.32 Å². The highest BCUT2D eigenvalue weighted by atomic mass is 15.0. The summed E-state index contributed by atoms with van der Waals surface area (Å²) in [7, 11) is 0. The van der Waals surface area contributed by atoms with Gasteiger partial charge in [0.25, 0.3) is 0 Å². The summed E-state index contributed by atoms with van der Waals surface area (Å²) in [6.07, 6.45) is 3.89. The summed E-state index contributed by atoms with van der Waals surface area (Å²) < 4.78 is 0. The van der Waals surface area contributed by atoms with Crippen molar-refractivity contribution in [1.29, 1.82) is 0 Å². The molecule has 3 heteroatoms. The van der Waals surface area contributed by atoms with Gasteiger partial charge in [-0.05, 0) is 36.1 Å². The van der Waals surface area contributed by atoms with Gasteiger partial charge in [-0.2, -0.15) is 0 Å². The van der Waals surface area contributed by atoms with Crippen LogP contribution >= 0.6 is 0 Å². The zero-order valence-electron chi connectivity index (χ0n) is 11.1. The van der Waals surface area contributed by atoms with E-state index in [-0.39, 0.29) is 0 Å². The molecular formula is C17H15N3. The van der Waals surface area contributed by atoms with Gasteiger partial charge in [0.15, 0.2) is 0 Å². The van der Waals surface area contributed by atoms with Gasteiger partial charge in [-0.25, -0.2) is 9.97 Å². The molecule has 20 heavy (non-hydrogen) atoms. The van der Waals surface area contributed by atoms with Crippen molar-refractivity contribution in [3.8, 4) is 0 Å². The van der Waals surface area contributed by atoms with Gasteiger partial charge in [0, 0.05) is 5.39 Å². The van der Waals surface area contributed by atoms with Crippen LogP contribution in [0.25, 0.3) is 10.9 Å². The van der Waals surface area contributed by atoms with E-state index in [1.54, 1.807) is 6.33 Å². The summed E-state index contributed by atoms with van der Waals surface area (Å²) in [4.78, 5) is 8.73. The molecule has 1 atom stereocenters. The first-order chi connectivity index (χ1) is 9.92. The second kappa shape index (κ2) is 4.60. The van der Waals surface area contributed by atoms with Crippen LogP contribution in [0.15, 0.2) is 54.9 Å². The maximum absolute atomic E-state index is 4.42. The summed E-state index contributed by atoms with van der Waals surface area (Å²) in [5.74, 6) is 0.928. The molecule has 1 heterocycles. The number of aromatic nitrogens is 2. The van der Waals surface area contributed by atoms with E-state index >= 15 is 0 Å². The number of benzene rings is 2. The molecule has 0 unspecified atom stereocenters. The van der Waals surface area contributed by atoms with Crippen molar-refractivity contribution in [2.75, 3.05) is 5.32 Å². The monoisotopic (exact) mass is 261 g/mol. The lowest BCUT2D eigenvalue weighted by molar-refractivity contribution is 0.758. The van der Waals surface area contributed by atoms with Crippen molar-refractivity contribution in [2.24, 2.45) is 0 Å². The largest absolute Gasteiger partial charge is 0.363 e. The number of aryl methyl sites for hydroxylation is 1.